The number of hydrogen-bond donors (Lipinski definition) is 3. The van der Waals surface area contributed by atoms with Gasteiger partial charge in [-0.05, 0) is 22.3 Å². The van der Waals surface area contributed by atoms with Crippen LogP contribution in [0, 0.1) is 0 Å². The quantitative estimate of drug-likeness (QED) is 0.513. The van der Waals surface area contributed by atoms with Crippen LogP contribution in [0.3, 0.4) is 0 Å². The second-order valence-electron chi connectivity index (χ2n) is 8.29. The van der Waals surface area contributed by atoms with E-state index in [-0.39, 0.29) is 42.0 Å². The molecule has 34 heavy (non-hydrogen) atoms. The molecule has 5 rings (SSSR count). The summed E-state index contributed by atoms with van der Waals surface area (Å²) < 4.78 is 5.49. The van der Waals surface area contributed by atoms with Gasteiger partial charge in [0.2, 0.25) is 0 Å². The monoisotopic (exact) mass is 479 g/mol. The highest BCUT2D eigenvalue weighted by molar-refractivity contribution is 7.17. The predicted octanol–water partition coefficient (Wildman–Crippen LogP) is 3.17. The van der Waals surface area contributed by atoms with Crippen LogP contribution in [0.2, 0.25) is 0 Å². The van der Waals surface area contributed by atoms with Crippen molar-refractivity contribution in [3.63, 3.8) is 0 Å². The maximum atomic E-state index is 12.6. The van der Waals surface area contributed by atoms with Crippen LogP contribution in [0.4, 0.5) is 9.93 Å². The van der Waals surface area contributed by atoms with Gasteiger partial charge in [0.25, 0.3) is 5.91 Å². The van der Waals surface area contributed by atoms with E-state index in [1.54, 1.807) is 0 Å². The Morgan fingerprint density at radius 3 is 2.38 bits per heavy atom. The molecular weight excluding hydrogens is 458 g/mol. The van der Waals surface area contributed by atoms with E-state index >= 15 is 0 Å². The molecule has 2 aromatic carbocycles. The molecule has 2 aliphatic rings. The minimum atomic E-state index is -1.94. The fourth-order valence-electron chi connectivity index (χ4n) is 4.45. The molecule has 3 N–H and O–H groups in total. The van der Waals surface area contributed by atoms with Crippen LogP contribution in [0.1, 0.15) is 33.1 Å². The highest BCUT2D eigenvalue weighted by Crippen LogP contribution is 2.44. The van der Waals surface area contributed by atoms with Crippen LogP contribution in [-0.2, 0) is 9.53 Å². The van der Waals surface area contributed by atoms with Gasteiger partial charge in [0.1, 0.15) is 11.5 Å². The van der Waals surface area contributed by atoms with Gasteiger partial charge >= 0.3 is 12.1 Å². The van der Waals surface area contributed by atoms with Gasteiger partial charge in [0.05, 0.1) is 12.7 Å². The van der Waals surface area contributed by atoms with Crippen LogP contribution in [-0.4, -0.2) is 63.4 Å². The third-order valence-electron chi connectivity index (χ3n) is 6.20. The second-order valence-corrected chi connectivity index (χ2v) is 9.32. The smallest absolute Gasteiger partial charge is 0.413 e. The Bertz CT molecular complexity index is 1250. The molecule has 2 amide bonds. The number of likely N-dealkylation sites (tertiary alicyclic amines) is 1. The number of nitrogens with one attached hydrogen (secondary N) is 1. The molecule has 1 aromatic heterocycles. The highest BCUT2D eigenvalue weighted by atomic mass is 32.1. The number of benzene rings is 2. The number of aliphatic hydroxyl groups is 1. The number of carboxylic acids is 1. The third-order valence-corrected chi connectivity index (χ3v) is 7.10. The Kier molecular flexibility index (Phi) is 5.54. The van der Waals surface area contributed by atoms with Crippen molar-refractivity contribution in [3.8, 4) is 11.1 Å². The first-order chi connectivity index (χ1) is 16.4. The van der Waals surface area contributed by atoms with Crippen LogP contribution >= 0.6 is 11.3 Å². The molecule has 174 valence electrons. The van der Waals surface area contributed by atoms with Crippen molar-refractivity contribution in [2.24, 2.45) is 0 Å². The summed E-state index contributed by atoms with van der Waals surface area (Å²) in [6, 6.07) is 16.1. The summed E-state index contributed by atoms with van der Waals surface area (Å²) in [4.78, 5) is 41.8. The van der Waals surface area contributed by atoms with E-state index in [0.29, 0.717) is 0 Å². The highest BCUT2D eigenvalue weighted by Gasteiger charge is 2.45. The molecule has 2 heterocycles. The molecule has 3 aromatic rings. The lowest BCUT2D eigenvalue weighted by molar-refractivity contribution is -0.156. The first kappa shape index (κ1) is 22.1. The van der Waals surface area contributed by atoms with Crippen LogP contribution in [0.15, 0.2) is 54.7 Å². The largest absolute Gasteiger partial charge is 0.479 e. The number of fused-ring (bicyclic) bond motifs is 3. The van der Waals surface area contributed by atoms with Crippen molar-refractivity contribution in [2.45, 2.75) is 17.9 Å². The minimum Gasteiger partial charge on any atom is -0.479 e. The average molecular weight is 480 g/mol. The summed E-state index contributed by atoms with van der Waals surface area (Å²) in [5.41, 5.74) is 2.53. The molecule has 1 aliphatic heterocycles. The number of thiazole rings is 1. The molecule has 1 unspecified atom stereocenters. The summed E-state index contributed by atoms with van der Waals surface area (Å²) in [5.74, 6) is -1.88. The van der Waals surface area contributed by atoms with Crippen molar-refractivity contribution in [1.29, 1.82) is 0 Å². The van der Waals surface area contributed by atoms with Crippen molar-refractivity contribution in [1.82, 2.24) is 9.88 Å². The Balaban J connectivity index is 1.21. The Morgan fingerprint density at radius 2 is 1.76 bits per heavy atom. The maximum absolute atomic E-state index is 12.6. The third kappa shape index (κ3) is 3.91. The van der Waals surface area contributed by atoms with Crippen molar-refractivity contribution >= 4 is 34.4 Å². The Morgan fingerprint density at radius 1 is 1.12 bits per heavy atom. The Labute approximate surface area is 198 Å². The van der Waals surface area contributed by atoms with E-state index < -0.39 is 23.6 Å². The topological polar surface area (TPSA) is 129 Å². The summed E-state index contributed by atoms with van der Waals surface area (Å²) in [6.07, 6.45) is 0.582. The normalized spacial score (nSPS) is 18.9. The average Bonchev–Trinajstić information content (AvgIpc) is 3.54. The number of ether oxygens (including phenoxy) is 1. The second kappa shape index (κ2) is 8.54. The summed E-state index contributed by atoms with van der Waals surface area (Å²) in [7, 11) is 0. The molecule has 10 heteroatoms. The number of carboxylic acid groups (broad SMARTS) is 1. The van der Waals surface area contributed by atoms with Gasteiger partial charge < -0.3 is 19.8 Å². The van der Waals surface area contributed by atoms with E-state index in [1.807, 2.05) is 36.4 Å². The van der Waals surface area contributed by atoms with E-state index in [4.69, 9.17) is 9.84 Å². The first-order valence-corrected chi connectivity index (χ1v) is 11.5. The number of β-amino-alcohol motifs (C(OH)–C–C–N with tert-alkyl or cyclic N) is 1. The van der Waals surface area contributed by atoms with Crippen LogP contribution in [0.25, 0.3) is 11.1 Å². The zero-order valence-corrected chi connectivity index (χ0v) is 18.7. The SMILES string of the molecule is O=C(Nc1ncc(C(=O)N2CCC(O)(C(=O)O)C2)s1)OCC1c2ccccc2-c2ccccc21. The molecule has 0 spiro atoms. The number of aliphatic carboxylic acids is 1. The van der Waals surface area contributed by atoms with E-state index in [0.717, 1.165) is 33.6 Å². The maximum Gasteiger partial charge on any atom is 0.413 e. The zero-order valence-electron chi connectivity index (χ0n) is 17.9. The van der Waals surface area contributed by atoms with Gasteiger partial charge in [0, 0.05) is 18.9 Å². The number of nitrogens with zero attached hydrogens (tertiary/aromatic N) is 2. The molecule has 1 aliphatic carbocycles. The number of hydrogen-bond acceptors (Lipinski definition) is 7. The fraction of sp³-hybridized carbons (Fsp3) is 0.250. The number of aromatic nitrogens is 1. The number of rotatable bonds is 5. The summed E-state index contributed by atoms with van der Waals surface area (Å²) in [6.45, 7) is -0.0263. The van der Waals surface area contributed by atoms with Gasteiger partial charge in [-0.25, -0.2) is 14.6 Å². The Hall–Kier alpha value is -3.76. The molecule has 0 bridgehead atoms. The molecule has 1 atom stereocenters. The summed E-state index contributed by atoms with van der Waals surface area (Å²) in [5, 5.41) is 21.9. The summed E-state index contributed by atoms with van der Waals surface area (Å²) >= 11 is 0.957. The van der Waals surface area contributed by atoms with Gasteiger partial charge in [0.15, 0.2) is 10.7 Å². The van der Waals surface area contributed by atoms with Crippen LogP contribution in [0.5, 0.6) is 0 Å². The first-order valence-electron chi connectivity index (χ1n) is 10.7. The number of carbonyl (C=O) groups excluding carboxylic acids is 2. The molecule has 1 saturated heterocycles. The zero-order chi connectivity index (χ0) is 23.9. The molecule has 0 radical (unpaired) electrons. The molecule has 0 saturated carbocycles. The van der Waals surface area contributed by atoms with E-state index in [9.17, 15) is 19.5 Å². The van der Waals surface area contributed by atoms with Gasteiger partial charge in [-0.3, -0.25) is 10.1 Å². The molecule has 9 nitrogen and oxygen atoms in total. The minimum absolute atomic E-state index is 0.0439. The van der Waals surface area contributed by atoms with Crippen molar-refractivity contribution in [2.75, 3.05) is 25.0 Å². The van der Waals surface area contributed by atoms with Crippen molar-refractivity contribution < 1.29 is 29.3 Å². The van der Waals surface area contributed by atoms with Gasteiger partial charge in [-0.1, -0.05) is 59.9 Å². The van der Waals surface area contributed by atoms with E-state index in [2.05, 4.69) is 22.4 Å². The van der Waals surface area contributed by atoms with Gasteiger partial charge in [-0.15, -0.1) is 0 Å². The number of amides is 2. The number of carbonyl (C=O) groups is 3. The van der Waals surface area contributed by atoms with Crippen molar-refractivity contribution in [3.05, 3.63) is 70.7 Å². The molecule has 1 fully saturated rings. The standard InChI is InChI=1S/C24H21N3O6S/c28-20(27-10-9-24(32,13-27)21(29)30)19-11-25-22(34-19)26-23(31)33-12-18-16-7-3-1-5-14(16)15-6-2-4-8-17(15)18/h1-8,11,18,32H,9-10,12-13H2,(H,29,30)(H,25,26,31). The van der Waals surface area contributed by atoms with E-state index in [1.165, 1.54) is 11.1 Å². The lowest BCUT2D eigenvalue weighted by Gasteiger charge is -2.18. The lowest BCUT2D eigenvalue weighted by Crippen LogP contribution is -2.42. The lowest BCUT2D eigenvalue weighted by atomic mass is 9.98. The number of anilines is 1. The van der Waals surface area contributed by atoms with Gasteiger partial charge in [-0.2, -0.15) is 0 Å². The van der Waals surface area contributed by atoms with Crippen LogP contribution < -0.4 is 5.32 Å². The molecular formula is C24H21N3O6S. The fourth-order valence-corrected chi connectivity index (χ4v) is 5.22. The predicted molar refractivity (Wildman–Crippen MR) is 124 cm³/mol.